The summed E-state index contributed by atoms with van der Waals surface area (Å²) < 4.78 is 5.63. The van der Waals surface area contributed by atoms with Crippen molar-refractivity contribution in [3.63, 3.8) is 0 Å². The van der Waals surface area contributed by atoms with Gasteiger partial charge in [0.2, 0.25) is 5.91 Å². The monoisotopic (exact) mass is 290 g/mol. The first-order valence-corrected chi connectivity index (χ1v) is 7.82. The molecule has 1 saturated heterocycles. The van der Waals surface area contributed by atoms with Gasteiger partial charge in [0.15, 0.2) is 0 Å². The molecule has 2 rings (SSSR count). The third-order valence-corrected chi connectivity index (χ3v) is 4.09. The average molecular weight is 290 g/mol. The van der Waals surface area contributed by atoms with E-state index in [2.05, 4.69) is 12.2 Å². The summed E-state index contributed by atoms with van der Waals surface area (Å²) in [5.41, 5.74) is 1.05. The standard InChI is InChI=1S/C17H26N2O2/c1-4-21-15-10-6-5-9-14(15)12-19(3)17(20)16-13(2)8-7-11-18-16/h5-6,9-10,13,16,18H,4,7-8,11-12H2,1-3H3. The second-order valence-corrected chi connectivity index (χ2v) is 5.79. The summed E-state index contributed by atoms with van der Waals surface area (Å²) in [6.07, 6.45) is 2.27. The highest BCUT2D eigenvalue weighted by molar-refractivity contribution is 5.82. The van der Waals surface area contributed by atoms with Crippen LogP contribution in [0.25, 0.3) is 0 Å². The van der Waals surface area contributed by atoms with Crippen molar-refractivity contribution in [3.8, 4) is 5.75 Å². The number of likely N-dealkylation sites (N-methyl/N-ethyl adjacent to an activating group) is 1. The van der Waals surface area contributed by atoms with E-state index in [9.17, 15) is 4.79 Å². The van der Waals surface area contributed by atoms with E-state index in [1.54, 1.807) is 4.90 Å². The lowest BCUT2D eigenvalue weighted by atomic mass is 9.92. The van der Waals surface area contributed by atoms with E-state index >= 15 is 0 Å². The van der Waals surface area contributed by atoms with Crippen LogP contribution in [0, 0.1) is 5.92 Å². The van der Waals surface area contributed by atoms with Gasteiger partial charge < -0.3 is 15.0 Å². The van der Waals surface area contributed by atoms with E-state index in [1.165, 1.54) is 0 Å². The molecule has 1 aliphatic rings. The van der Waals surface area contributed by atoms with Crippen LogP contribution in [0.3, 0.4) is 0 Å². The molecule has 2 atom stereocenters. The maximum atomic E-state index is 12.6. The van der Waals surface area contributed by atoms with Crippen molar-refractivity contribution in [2.75, 3.05) is 20.2 Å². The molecule has 1 N–H and O–H groups in total. The highest BCUT2D eigenvalue weighted by Crippen LogP contribution is 2.21. The molecule has 0 bridgehead atoms. The van der Waals surface area contributed by atoms with Gasteiger partial charge in [-0.25, -0.2) is 0 Å². The molecule has 1 aromatic rings. The van der Waals surface area contributed by atoms with Crippen LogP contribution in [-0.4, -0.2) is 37.0 Å². The molecule has 4 nitrogen and oxygen atoms in total. The van der Waals surface area contributed by atoms with E-state index in [0.717, 1.165) is 30.7 Å². The number of rotatable bonds is 5. The number of piperidine rings is 1. The highest BCUT2D eigenvalue weighted by Gasteiger charge is 2.29. The third-order valence-electron chi connectivity index (χ3n) is 4.09. The molecule has 1 aliphatic heterocycles. The zero-order valence-electron chi connectivity index (χ0n) is 13.3. The molecule has 1 amide bonds. The predicted octanol–water partition coefficient (Wildman–Crippen LogP) is 2.43. The Morgan fingerprint density at radius 2 is 2.19 bits per heavy atom. The molecule has 0 radical (unpaired) electrons. The van der Waals surface area contributed by atoms with Crippen LogP contribution in [0.15, 0.2) is 24.3 Å². The Morgan fingerprint density at radius 1 is 1.43 bits per heavy atom. The van der Waals surface area contributed by atoms with Gasteiger partial charge >= 0.3 is 0 Å². The van der Waals surface area contributed by atoms with Crippen LogP contribution in [0.5, 0.6) is 5.75 Å². The van der Waals surface area contributed by atoms with Crippen LogP contribution in [-0.2, 0) is 11.3 Å². The Balaban J connectivity index is 2.03. The van der Waals surface area contributed by atoms with Gasteiger partial charge in [-0.1, -0.05) is 25.1 Å². The summed E-state index contributed by atoms with van der Waals surface area (Å²) in [6, 6.07) is 7.87. The number of para-hydroxylation sites is 1. The van der Waals surface area contributed by atoms with E-state index in [0.29, 0.717) is 19.1 Å². The quantitative estimate of drug-likeness (QED) is 0.905. The van der Waals surface area contributed by atoms with Gasteiger partial charge in [-0.15, -0.1) is 0 Å². The van der Waals surface area contributed by atoms with Crippen molar-refractivity contribution in [1.29, 1.82) is 0 Å². The van der Waals surface area contributed by atoms with Crippen LogP contribution in [0.2, 0.25) is 0 Å². The van der Waals surface area contributed by atoms with Gasteiger partial charge in [-0.3, -0.25) is 4.79 Å². The minimum Gasteiger partial charge on any atom is -0.494 e. The van der Waals surface area contributed by atoms with E-state index < -0.39 is 0 Å². The number of hydrogen-bond acceptors (Lipinski definition) is 3. The summed E-state index contributed by atoms with van der Waals surface area (Å²) in [6.45, 7) is 6.27. The van der Waals surface area contributed by atoms with Crippen LogP contribution in [0.1, 0.15) is 32.3 Å². The van der Waals surface area contributed by atoms with Gasteiger partial charge in [0.25, 0.3) is 0 Å². The van der Waals surface area contributed by atoms with E-state index in [1.807, 2.05) is 38.2 Å². The number of benzene rings is 1. The lowest BCUT2D eigenvalue weighted by Crippen LogP contribution is -2.51. The zero-order chi connectivity index (χ0) is 15.2. The van der Waals surface area contributed by atoms with Crippen molar-refractivity contribution in [2.45, 2.75) is 39.3 Å². The fourth-order valence-electron chi connectivity index (χ4n) is 2.88. The number of hydrogen-bond donors (Lipinski definition) is 1. The molecule has 0 saturated carbocycles. The second-order valence-electron chi connectivity index (χ2n) is 5.79. The fourth-order valence-corrected chi connectivity index (χ4v) is 2.88. The number of carbonyl (C=O) groups excluding carboxylic acids is 1. The van der Waals surface area contributed by atoms with Crippen molar-refractivity contribution in [2.24, 2.45) is 5.92 Å². The molecule has 116 valence electrons. The fraction of sp³-hybridized carbons (Fsp3) is 0.588. The van der Waals surface area contributed by atoms with Crippen LogP contribution < -0.4 is 10.1 Å². The lowest BCUT2D eigenvalue weighted by Gasteiger charge is -2.32. The molecule has 0 spiro atoms. The summed E-state index contributed by atoms with van der Waals surface area (Å²) in [4.78, 5) is 14.4. The first-order chi connectivity index (χ1) is 10.1. The molecule has 4 heteroatoms. The number of nitrogens with one attached hydrogen (secondary N) is 1. The third kappa shape index (κ3) is 3.97. The SMILES string of the molecule is CCOc1ccccc1CN(C)C(=O)C1NCCCC1C. The Labute approximate surface area is 127 Å². The maximum Gasteiger partial charge on any atom is 0.240 e. The summed E-state index contributed by atoms with van der Waals surface area (Å²) in [5, 5.41) is 3.35. The van der Waals surface area contributed by atoms with Crippen molar-refractivity contribution in [1.82, 2.24) is 10.2 Å². The van der Waals surface area contributed by atoms with Gasteiger partial charge in [-0.05, 0) is 38.3 Å². The summed E-state index contributed by atoms with van der Waals surface area (Å²) >= 11 is 0. The normalized spacial score (nSPS) is 21.9. The highest BCUT2D eigenvalue weighted by atomic mass is 16.5. The summed E-state index contributed by atoms with van der Waals surface area (Å²) in [5.74, 6) is 1.44. The van der Waals surface area contributed by atoms with Crippen molar-refractivity contribution < 1.29 is 9.53 Å². The minimum absolute atomic E-state index is 0.0528. The molecule has 0 aromatic heterocycles. The lowest BCUT2D eigenvalue weighted by molar-refractivity contribution is -0.134. The number of ether oxygens (including phenoxy) is 1. The smallest absolute Gasteiger partial charge is 0.240 e. The Bertz CT molecular complexity index is 476. The Morgan fingerprint density at radius 3 is 2.90 bits per heavy atom. The van der Waals surface area contributed by atoms with Crippen molar-refractivity contribution in [3.05, 3.63) is 29.8 Å². The summed E-state index contributed by atoms with van der Waals surface area (Å²) in [7, 11) is 1.87. The number of amides is 1. The zero-order valence-corrected chi connectivity index (χ0v) is 13.3. The predicted molar refractivity (Wildman–Crippen MR) is 84.3 cm³/mol. The Kier molecular flexibility index (Phi) is 5.62. The van der Waals surface area contributed by atoms with E-state index in [-0.39, 0.29) is 11.9 Å². The Hall–Kier alpha value is -1.55. The first-order valence-electron chi connectivity index (χ1n) is 7.82. The van der Waals surface area contributed by atoms with Gasteiger partial charge in [0.05, 0.1) is 12.6 Å². The number of carbonyl (C=O) groups is 1. The number of nitrogens with zero attached hydrogens (tertiary/aromatic N) is 1. The average Bonchev–Trinajstić information content (AvgIpc) is 2.49. The van der Waals surface area contributed by atoms with Crippen molar-refractivity contribution >= 4 is 5.91 Å². The van der Waals surface area contributed by atoms with Crippen LogP contribution >= 0.6 is 0 Å². The molecular formula is C17H26N2O2. The van der Waals surface area contributed by atoms with Gasteiger partial charge in [0, 0.05) is 19.2 Å². The maximum absolute atomic E-state index is 12.6. The van der Waals surface area contributed by atoms with Crippen LogP contribution in [0.4, 0.5) is 0 Å². The molecule has 2 unspecified atom stereocenters. The first kappa shape index (κ1) is 15.8. The second kappa shape index (κ2) is 7.46. The minimum atomic E-state index is -0.0528. The van der Waals surface area contributed by atoms with E-state index in [4.69, 9.17) is 4.74 Å². The topological polar surface area (TPSA) is 41.6 Å². The molecule has 1 aromatic carbocycles. The molecule has 0 aliphatic carbocycles. The molecule has 1 heterocycles. The molecule has 1 fully saturated rings. The molecular weight excluding hydrogens is 264 g/mol. The van der Waals surface area contributed by atoms with Gasteiger partial charge in [0.1, 0.15) is 5.75 Å². The van der Waals surface area contributed by atoms with Gasteiger partial charge in [-0.2, -0.15) is 0 Å². The largest absolute Gasteiger partial charge is 0.494 e. The molecule has 21 heavy (non-hydrogen) atoms.